The van der Waals surface area contributed by atoms with Crippen molar-refractivity contribution in [2.45, 2.75) is 31.6 Å². The van der Waals surface area contributed by atoms with Crippen molar-refractivity contribution in [3.8, 4) is 0 Å². The number of nitrogens with zero attached hydrogens (tertiary/aromatic N) is 2. The molecule has 1 fully saturated rings. The Morgan fingerprint density at radius 1 is 1.68 bits per heavy atom. The lowest BCUT2D eigenvalue weighted by Crippen LogP contribution is -2.37. The number of rotatable bonds is 4. The summed E-state index contributed by atoms with van der Waals surface area (Å²) in [6.07, 6.45) is 0.419. The van der Waals surface area contributed by atoms with Gasteiger partial charge in [-0.3, -0.25) is 10.1 Å². The Balaban J connectivity index is 2.29. The highest BCUT2D eigenvalue weighted by Gasteiger charge is 2.28. The average Bonchev–Trinajstić information content (AvgIpc) is 2.84. The lowest BCUT2D eigenvalue weighted by molar-refractivity contribution is -0.383. The SMILES string of the molecule is CCC1CN(c2sc(C(C)O)cc2[N+](=O)[O-])CCS1. The quantitative estimate of drug-likeness (QED) is 0.684. The molecule has 1 saturated heterocycles. The third kappa shape index (κ3) is 3.21. The highest BCUT2D eigenvalue weighted by molar-refractivity contribution is 8.00. The molecule has 1 N–H and O–H groups in total. The second-order valence-corrected chi connectivity index (χ2v) is 7.09. The summed E-state index contributed by atoms with van der Waals surface area (Å²) in [7, 11) is 0. The number of thioether (sulfide) groups is 1. The molecule has 2 unspecified atom stereocenters. The van der Waals surface area contributed by atoms with Crippen molar-refractivity contribution in [3.63, 3.8) is 0 Å². The first-order chi connectivity index (χ1) is 9.02. The molecular formula is C12H18N2O3S2. The molecule has 2 heterocycles. The minimum atomic E-state index is -0.654. The van der Waals surface area contributed by atoms with E-state index in [2.05, 4.69) is 11.8 Å². The predicted molar refractivity (Wildman–Crippen MR) is 80.4 cm³/mol. The molecule has 0 aliphatic carbocycles. The molecule has 1 aliphatic heterocycles. The van der Waals surface area contributed by atoms with Crippen LogP contribution in [0.1, 0.15) is 31.2 Å². The minimum Gasteiger partial charge on any atom is -0.388 e. The van der Waals surface area contributed by atoms with E-state index in [0.29, 0.717) is 15.1 Å². The average molecular weight is 302 g/mol. The van der Waals surface area contributed by atoms with Crippen LogP contribution in [-0.2, 0) is 0 Å². The summed E-state index contributed by atoms with van der Waals surface area (Å²) in [6.45, 7) is 5.47. The largest absolute Gasteiger partial charge is 0.388 e. The van der Waals surface area contributed by atoms with Crippen LogP contribution in [0, 0.1) is 10.1 Å². The highest BCUT2D eigenvalue weighted by atomic mass is 32.2. The van der Waals surface area contributed by atoms with E-state index >= 15 is 0 Å². The normalized spacial score (nSPS) is 21.4. The molecule has 7 heteroatoms. The maximum absolute atomic E-state index is 11.2. The van der Waals surface area contributed by atoms with Crippen molar-refractivity contribution in [2.75, 3.05) is 23.7 Å². The van der Waals surface area contributed by atoms with E-state index in [4.69, 9.17) is 0 Å². The zero-order valence-electron chi connectivity index (χ0n) is 11.0. The Morgan fingerprint density at radius 2 is 2.42 bits per heavy atom. The monoisotopic (exact) mass is 302 g/mol. The van der Waals surface area contributed by atoms with Gasteiger partial charge in [0.25, 0.3) is 0 Å². The fourth-order valence-electron chi connectivity index (χ4n) is 2.10. The van der Waals surface area contributed by atoms with Gasteiger partial charge in [-0.15, -0.1) is 11.3 Å². The van der Waals surface area contributed by atoms with Crippen molar-refractivity contribution >= 4 is 33.8 Å². The van der Waals surface area contributed by atoms with E-state index < -0.39 is 6.10 Å². The summed E-state index contributed by atoms with van der Waals surface area (Å²) in [6, 6.07) is 1.51. The van der Waals surface area contributed by atoms with Crippen LogP contribution in [0.5, 0.6) is 0 Å². The molecule has 5 nitrogen and oxygen atoms in total. The number of thiophene rings is 1. The minimum absolute atomic E-state index is 0.127. The molecule has 19 heavy (non-hydrogen) atoms. The Morgan fingerprint density at radius 3 is 3.00 bits per heavy atom. The number of aliphatic hydroxyl groups excluding tert-OH is 1. The van der Waals surface area contributed by atoms with Crippen molar-refractivity contribution < 1.29 is 10.0 Å². The summed E-state index contributed by atoms with van der Waals surface area (Å²) in [5, 5.41) is 22.0. The van der Waals surface area contributed by atoms with Gasteiger partial charge in [0.05, 0.1) is 11.0 Å². The Labute approximate surface area is 120 Å². The van der Waals surface area contributed by atoms with E-state index in [1.165, 1.54) is 17.4 Å². The third-order valence-electron chi connectivity index (χ3n) is 3.20. The van der Waals surface area contributed by atoms with Gasteiger partial charge in [0.15, 0.2) is 5.00 Å². The molecule has 0 bridgehead atoms. The van der Waals surface area contributed by atoms with Crippen molar-refractivity contribution in [3.05, 3.63) is 21.1 Å². The summed E-state index contributed by atoms with van der Waals surface area (Å²) in [5.41, 5.74) is 0.127. The zero-order chi connectivity index (χ0) is 14.0. The van der Waals surface area contributed by atoms with Gasteiger partial charge < -0.3 is 10.0 Å². The van der Waals surface area contributed by atoms with Crippen LogP contribution >= 0.6 is 23.1 Å². The standard InChI is InChI=1S/C12H18N2O3S2/c1-3-9-7-13(4-5-18-9)12-10(14(16)17)6-11(19-12)8(2)15/h6,8-9,15H,3-5,7H2,1-2H3. The van der Waals surface area contributed by atoms with Crippen LogP contribution in [-0.4, -0.2) is 34.1 Å². The summed E-state index contributed by atoms with van der Waals surface area (Å²) < 4.78 is 0. The molecule has 1 aliphatic rings. The van der Waals surface area contributed by atoms with Crippen LogP contribution in [0.15, 0.2) is 6.07 Å². The molecule has 0 amide bonds. The van der Waals surface area contributed by atoms with E-state index in [9.17, 15) is 15.2 Å². The highest BCUT2D eigenvalue weighted by Crippen LogP contribution is 2.41. The van der Waals surface area contributed by atoms with E-state index in [-0.39, 0.29) is 10.6 Å². The molecule has 1 aromatic heterocycles. The Bertz CT molecular complexity index is 462. The fourth-order valence-corrected chi connectivity index (χ4v) is 4.38. The maximum atomic E-state index is 11.2. The van der Waals surface area contributed by atoms with Gasteiger partial charge in [-0.05, 0) is 13.3 Å². The molecule has 0 spiro atoms. The van der Waals surface area contributed by atoms with Crippen molar-refractivity contribution in [1.82, 2.24) is 0 Å². The van der Waals surface area contributed by atoms with Gasteiger partial charge in [0.2, 0.25) is 0 Å². The number of aliphatic hydroxyl groups is 1. The first-order valence-electron chi connectivity index (χ1n) is 6.35. The van der Waals surface area contributed by atoms with Crippen LogP contribution < -0.4 is 4.90 Å². The van der Waals surface area contributed by atoms with E-state index in [1.54, 1.807) is 6.92 Å². The van der Waals surface area contributed by atoms with Crippen LogP contribution in [0.3, 0.4) is 0 Å². The first kappa shape index (κ1) is 14.6. The van der Waals surface area contributed by atoms with Gasteiger partial charge >= 0.3 is 5.69 Å². The number of nitro groups is 1. The topological polar surface area (TPSA) is 66.6 Å². The zero-order valence-corrected chi connectivity index (χ0v) is 12.7. The second-order valence-electron chi connectivity index (χ2n) is 4.62. The maximum Gasteiger partial charge on any atom is 0.304 e. The van der Waals surface area contributed by atoms with Gasteiger partial charge in [-0.1, -0.05) is 6.92 Å². The van der Waals surface area contributed by atoms with Crippen LogP contribution in [0.4, 0.5) is 10.7 Å². The smallest absolute Gasteiger partial charge is 0.304 e. The molecule has 2 atom stereocenters. The number of hydrogen-bond acceptors (Lipinski definition) is 6. The molecule has 0 radical (unpaired) electrons. The Hall–Kier alpha value is -0.790. The van der Waals surface area contributed by atoms with Crippen molar-refractivity contribution in [2.24, 2.45) is 0 Å². The summed E-state index contributed by atoms with van der Waals surface area (Å²) in [4.78, 5) is 13.6. The molecule has 1 aromatic rings. The lowest BCUT2D eigenvalue weighted by Gasteiger charge is -2.32. The van der Waals surface area contributed by atoms with Gasteiger partial charge in [0.1, 0.15) is 0 Å². The molecule has 2 rings (SSSR count). The van der Waals surface area contributed by atoms with Gasteiger partial charge in [-0.25, -0.2) is 0 Å². The van der Waals surface area contributed by atoms with Crippen LogP contribution in [0.25, 0.3) is 0 Å². The lowest BCUT2D eigenvalue weighted by atomic mass is 10.3. The summed E-state index contributed by atoms with van der Waals surface area (Å²) in [5.74, 6) is 0.998. The molecule has 0 saturated carbocycles. The van der Waals surface area contributed by atoms with E-state index in [1.807, 2.05) is 11.8 Å². The fraction of sp³-hybridized carbons (Fsp3) is 0.667. The third-order valence-corrected chi connectivity index (χ3v) is 5.93. The first-order valence-corrected chi connectivity index (χ1v) is 8.22. The second kappa shape index (κ2) is 6.11. The predicted octanol–water partition coefficient (Wildman–Crippen LogP) is 3.04. The van der Waals surface area contributed by atoms with Gasteiger partial charge in [-0.2, -0.15) is 11.8 Å². The Kier molecular flexibility index (Phi) is 4.70. The summed E-state index contributed by atoms with van der Waals surface area (Å²) >= 11 is 3.27. The van der Waals surface area contributed by atoms with Gasteiger partial charge in [0, 0.05) is 35.0 Å². The molecule has 106 valence electrons. The number of anilines is 1. The molecular weight excluding hydrogens is 284 g/mol. The van der Waals surface area contributed by atoms with Crippen LogP contribution in [0.2, 0.25) is 0 Å². The van der Waals surface area contributed by atoms with Crippen molar-refractivity contribution in [1.29, 1.82) is 0 Å². The number of hydrogen-bond donors (Lipinski definition) is 1. The molecule has 0 aromatic carbocycles. The van der Waals surface area contributed by atoms with E-state index in [0.717, 1.165) is 25.3 Å².